The minimum absolute atomic E-state index is 0.187. The van der Waals surface area contributed by atoms with E-state index in [1.165, 1.54) is 18.5 Å². The molecule has 0 bridgehead atoms. The molecule has 0 saturated carbocycles. The first kappa shape index (κ1) is 17.6. The van der Waals surface area contributed by atoms with Gasteiger partial charge in [-0.25, -0.2) is 14.4 Å². The van der Waals surface area contributed by atoms with Crippen molar-refractivity contribution in [3.63, 3.8) is 0 Å². The number of nitrogens with zero attached hydrogens (tertiary/aromatic N) is 4. The van der Waals surface area contributed by atoms with Crippen LogP contribution in [0.2, 0.25) is 0 Å². The second kappa shape index (κ2) is 7.78. The topological polar surface area (TPSA) is 58.3 Å². The molecule has 0 amide bonds. The molecule has 1 aromatic heterocycles. The molecule has 0 unspecified atom stereocenters. The lowest BCUT2D eigenvalue weighted by Gasteiger charge is -2.35. The van der Waals surface area contributed by atoms with Crippen LogP contribution in [0.25, 0.3) is 0 Å². The molecule has 2 aromatic rings. The van der Waals surface area contributed by atoms with E-state index in [1.807, 2.05) is 18.2 Å². The van der Waals surface area contributed by atoms with Crippen molar-refractivity contribution in [2.24, 2.45) is 5.92 Å². The van der Waals surface area contributed by atoms with Crippen LogP contribution in [-0.4, -0.2) is 40.5 Å². The Morgan fingerprint density at radius 2 is 1.96 bits per heavy atom. The summed E-state index contributed by atoms with van der Waals surface area (Å²) in [6.45, 7) is 8.19. The second-order valence-electron chi connectivity index (χ2n) is 7.01. The normalized spacial score (nSPS) is 19.2. The van der Waals surface area contributed by atoms with Gasteiger partial charge in [-0.05, 0) is 30.0 Å². The summed E-state index contributed by atoms with van der Waals surface area (Å²) < 4.78 is 13.2. The van der Waals surface area contributed by atoms with Gasteiger partial charge in [0.15, 0.2) is 0 Å². The van der Waals surface area contributed by atoms with Crippen molar-refractivity contribution in [1.29, 1.82) is 0 Å². The van der Waals surface area contributed by atoms with Crippen molar-refractivity contribution >= 4 is 11.6 Å². The molecule has 1 fully saturated rings. The maximum atomic E-state index is 13.2. The molecule has 134 valence electrons. The summed E-state index contributed by atoms with van der Waals surface area (Å²) in [5, 5.41) is 0. The van der Waals surface area contributed by atoms with Gasteiger partial charge in [-0.2, -0.15) is 0 Å². The van der Waals surface area contributed by atoms with Crippen molar-refractivity contribution in [3.05, 3.63) is 48.0 Å². The molecule has 1 aliphatic rings. The number of anilines is 2. The molecule has 2 N–H and O–H groups in total. The van der Waals surface area contributed by atoms with E-state index in [4.69, 9.17) is 5.73 Å². The fraction of sp³-hybridized carbons (Fsp3) is 0.474. The summed E-state index contributed by atoms with van der Waals surface area (Å²) in [6, 6.07) is 9.05. The highest BCUT2D eigenvalue weighted by atomic mass is 19.1. The quantitative estimate of drug-likeness (QED) is 0.925. The largest absolute Gasteiger partial charge is 0.384 e. The molecule has 0 radical (unpaired) electrons. The minimum atomic E-state index is -0.187. The van der Waals surface area contributed by atoms with E-state index >= 15 is 0 Å². The summed E-state index contributed by atoms with van der Waals surface area (Å²) in [7, 11) is 0. The van der Waals surface area contributed by atoms with Crippen LogP contribution in [0.1, 0.15) is 25.8 Å². The summed E-state index contributed by atoms with van der Waals surface area (Å²) in [5.41, 5.74) is 6.97. The van der Waals surface area contributed by atoms with E-state index in [0.717, 1.165) is 44.0 Å². The zero-order valence-corrected chi connectivity index (χ0v) is 14.9. The molecule has 1 atom stereocenters. The fourth-order valence-corrected chi connectivity index (χ4v) is 3.46. The van der Waals surface area contributed by atoms with E-state index < -0.39 is 0 Å². The maximum absolute atomic E-state index is 13.2. The standard InChI is InChI=1S/C19H26FN5/c1-14(2)17-12-25(19-10-18(21)22-13-23-19)9-3-8-24(17)11-15-4-6-16(20)7-5-15/h4-7,10,13-14,17H,3,8-9,11-12H2,1-2H3,(H2,21,22,23)/t17-/m0/s1. The Labute approximate surface area is 148 Å². The van der Waals surface area contributed by atoms with Crippen LogP contribution in [0.3, 0.4) is 0 Å². The van der Waals surface area contributed by atoms with E-state index in [2.05, 4.69) is 33.6 Å². The molecular formula is C19H26FN5. The zero-order chi connectivity index (χ0) is 17.8. The number of hydrogen-bond donors (Lipinski definition) is 1. The lowest BCUT2D eigenvalue weighted by Crippen LogP contribution is -2.44. The van der Waals surface area contributed by atoms with Gasteiger partial charge < -0.3 is 10.6 Å². The van der Waals surface area contributed by atoms with Gasteiger partial charge in [-0.3, -0.25) is 4.90 Å². The predicted octanol–water partition coefficient (Wildman–Crippen LogP) is 2.93. The van der Waals surface area contributed by atoms with E-state index in [9.17, 15) is 4.39 Å². The molecule has 2 heterocycles. The molecular weight excluding hydrogens is 317 g/mol. The molecule has 0 spiro atoms. The number of halogens is 1. The van der Waals surface area contributed by atoms with Crippen molar-refractivity contribution in [2.75, 3.05) is 30.3 Å². The smallest absolute Gasteiger partial charge is 0.134 e. The Morgan fingerprint density at radius 3 is 2.64 bits per heavy atom. The summed E-state index contributed by atoms with van der Waals surface area (Å²) >= 11 is 0. The van der Waals surface area contributed by atoms with Crippen LogP contribution in [0, 0.1) is 11.7 Å². The highest BCUT2D eigenvalue weighted by Crippen LogP contribution is 2.23. The lowest BCUT2D eigenvalue weighted by atomic mass is 10.0. The highest BCUT2D eigenvalue weighted by Gasteiger charge is 2.28. The first-order chi connectivity index (χ1) is 12.0. The van der Waals surface area contributed by atoms with Gasteiger partial charge in [-0.1, -0.05) is 26.0 Å². The number of rotatable bonds is 4. The molecule has 25 heavy (non-hydrogen) atoms. The van der Waals surface area contributed by atoms with E-state index in [0.29, 0.717) is 17.8 Å². The van der Waals surface area contributed by atoms with Gasteiger partial charge in [-0.15, -0.1) is 0 Å². The van der Waals surface area contributed by atoms with Crippen LogP contribution in [0.5, 0.6) is 0 Å². The molecule has 6 heteroatoms. The van der Waals surface area contributed by atoms with Crippen LogP contribution >= 0.6 is 0 Å². The van der Waals surface area contributed by atoms with Crippen LogP contribution in [0.4, 0.5) is 16.0 Å². The Bertz CT molecular complexity index is 688. The van der Waals surface area contributed by atoms with Gasteiger partial charge in [0, 0.05) is 38.3 Å². The van der Waals surface area contributed by atoms with Gasteiger partial charge >= 0.3 is 0 Å². The zero-order valence-electron chi connectivity index (χ0n) is 14.9. The van der Waals surface area contributed by atoms with Gasteiger partial charge in [0.05, 0.1) is 0 Å². The minimum Gasteiger partial charge on any atom is -0.384 e. The number of nitrogen functional groups attached to an aromatic ring is 1. The SMILES string of the molecule is CC(C)[C@@H]1CN(c2cc(N)ncn2)CCCN1Cc1ccc(F)cc1. The Balaban J connectivity index is 1.77. The monoisotopic (exact) mass is 343 g/mol. The molecule has 1 aromatic carbocycles. The molecule has 0 aliphatic carbocycles. The Hall–Kier alpha value is -2.21. The molecule has 5 nitrogen and oxygen atoms in total. The third-order valence-electron chi connectivity index (χ3n) is 4.82. The first-order valence-electron chi connectivity index (χ1n) is 8.84. The molecule has 1 saturated heterocycles. The molecule has 1 aliphatic heterocycles. The Morgan fingerprint density at radius 1 is 1.20 bits per heavy atom. The van der Waals surface area contributed by atoms with Crippen molar-refractivity contribution in [3.8, 4) is 0 Å². The average molecular weight is 343 g/mol. The lowest BCUT2D eigenvalue weighted by molar-refractivity contribution is 0.161. The van der Waals surface area contributed by atoms with Gasteiger partial charge in [0.25, 0.3) is 0 Å². The fourth-order valence-electron chi connectivity index (χ4n) is 3.46. The Kier molecular flexibility index (Phi) is 5.48. The number of benzene rings is 1. The van der Waals surface area contributed by atoms with Crippen molar-refractivity contribution in [2.45, 2.75) is 32.9 Å². The summed E-state index contributed by atoms with van der Waals surface area (Å²) in [6.07, 6.45) is 2.57. The van der Waals surface area contributed by atoms with E-state index in [1.54, 1.807) is 0 Å². The first-order valence-corrected chi connectivity index (χ1v) is 8.84. The van der Waals surface area contributed by atoms with Crippen LogP contribution < -0.4 is 10.6 Å². The summed E-state index contributed by atoms with van der Waals surface area (Å²) in [5.74, 6) is 1.70. The van der Waals surface area contributed by atoms with Crippen LogP contribution in [0.15, 0.2) is 36.7 Å². The average Bonchev–Trinajstić information content (AvgIpc) is 2.80. The highest BCUT2D eigenvalue weighted by molar-refractivity contribution is 5.46. The third-order valence-corrected chi connectivity index (χ3v) is 4.82. The number of nitrogens with two attached hydrogens (primary N) is 1. The summed E-state index contributed by atoms with van der Waals surface area (Å²) in [4.78, 5) is 13.2. The van der Waals surface area contributed by atoms with Gasteiger partial charge in [0.1, 0.15) is 23.8 Å². The van der Waals surface area contributed by atoms with Gasteiger partial charge in [0.2, 0.25) is 0 Å². The van der Waals surface area contributed by atoms with Crippen LogP contribution in [-0.2, 0) is 6.54 Å². The second-order valence-corrected chi connectivity index (χ2v) is 7.01. The van der Waals surface area contributed by atoms with Crippen molar-refractivity contribution < 1.29 is 4.39 Å². The number of hydrogen-bond acceptors (Lipinski definition) is 5. The predicted molar refractivity (Wildman–Crippen MR) is 98.7 cm³/mol. The molecule has 3 rings (SSSR count). The number of aromatic nitrogens is 2. The van der Waals surface area contributed by atoms with E-state index in [-0.39, 0.29) is 5.82 Å². The van der Waals surface area contributed by atoms with Crippen molar-refractivity contribution in [1.82, 2.24) is 14.9 Å². The maximum Gasteiger partial charge on any atom is 0.134 e. The third kappa shape index (κ3) is 4.45.